The van der Waals surface area contributed by atoms with Gasteiger partial charge >= 0.3 is 0 Å². The summed E-state index contributed by atoms with van der Waals surface area (Å²) >= 11 is 5.65. The third kappa shape index (κ3) is 5.84. The number of carbonyl (C=O) groups excluding carboxylic acids is 1. The van der Waals surface area contributed by atoms with Crippen LogP contribution in [-0.2, 0) is 10.0 Å². The Morgan fingerprint density at radius 2 is 2.02 bits per heavy atom. The summed E-state index contributed by atoms with van der Waals surface area (Å²) in [6.45, 7) is 3.55. The molecule has 3 N–H and O–H groups in total. The summed E-state index contributed by atoms with van der Waals surface area (Å²) in [5, 5.41) is 5.05. The van der Waals surface area contributed by atoms with Crippen LogP contribution in [0.3, 0.4) is 0 Å². The Hall–Kier alpha value is -4.16. The number of nitrogens with one attached hydrogen (secondary N) is 1. The van der Waals surface area contributed by atoms with Gasteiger partial charge in [0, 0.05) is 30.0 Å². The van der Waals surface area contributed by atoms with E-state index in [0.29, 0.717) is 34.4 Å². The largest absolute Gasteiger partial charge is 0.437 e. The van der Waals surface area contributed by atoms with Gasteiger partial charge in [-0.25, -0.2) is 18.1 Å². The number of carbonyl (C=O) groups is 1. The number of nitrogens with zero attached hydrogens (tertiary/aromatic N) is 4. The average molecular weight is 599 g/mol. The van der Waals surface area contributed by atoms with Crippen LogP contribution in [-0.4, -0.2) is 51.1 Å². The number of aryl methyl sites for hydroxylation is 2. The summed E-state index contributed by atoms with van der Waals surface area (Å²) in [6, 6.07) is 6.74. The van der Waals surface area contributed by atoms with E-state index in [9.17, 15) is 17.6 Å². The zero-order valence-electron chi connectivity index (χ0n) is 22.3. The number of hydrogen-bond donors (Lipinski definition) is 2. The van der Waals surface area contributed by atoms with Gasteiger partial charge in [-0.3, -0.25) is 14.1 Å². The Labute approximate surface area is 241 Å². The minimum Gasteiger partial charge on any atom is -0.437 e. The number of anilines is 2. The highest BCUT2D eigenvalue weighted by Gasteiger charge is 2.29. The molecule has 1 atom stereocenters. The van der Waals surface area contributed by atoms with E-state index in [4.69, 9.17) is 22.1 Å². The molecular formula is C28H28ClFN6O4S. The number of rotatable bonds is 9. The Morgan fingerprint density at radius 3 is 2.73 bits per heavy atom. The number of aromatic nitrogens is 4. The molecule has 41 heavy (non-hydrogen) atoms. The minimum absolute atomic E-state index is 0.0681. The fourth-order valence-electron chi connectivity index (χ4n) is 4.52. The first-order valence-electron chi connectivity index (χ1n) is 12.8. The summed E-state index contributed by atoms with van der Waals surface area (Å²) in [4.78, 5) is 17.8. The molecule has 0 aliphatic heterocycles. The number of benzene rings is 1. The average Bonchev–Trinajstić information content (AvgIpc) is 3.50. The van der Waals surface area contributed by atoms with Gasteiger partial charge in [0.05, 0.1) is 35.0 Å². The summed E-state index contributed by atoms with van der Waals surface area (Å²) < 4.78 is 50.6. The van der Waals surface area contributed by atoms with E-state index in [1.165, 1.54) is 27.7 Å². The molecule has 0 bridgehead atoms. The van der Waals surface area contributed by atoms with Gasteiger partial charge in [0.25, 0.3) is 11.8 Å². The van der Waals surface area contributed by atoms with Crippen molar-refractivity contribution in [1.82, 2.24) is 19.3 Å². The molecule has 0 saturated carbocycles. The molecule has 13 heteroatoms. The van der Waals surface area contributed by atoms with Crippen molar-refractivity contribution in [1.29, 1.82) is 0 Å². The van der Waals surface area contributed by atoms with E-state index >= 15 is 0 Å². The standard InChI is InChI=1S/C28H28ClFN6O4S/c1-18-13-20-7-11-35(23(20)15-22(18)34-41(38,39)12-6-10-29)27(37)21-16-33-36(26(21)31)24-17-32-25(14-19(24)2)40-28(30)8-4-3-5-9-28/h3-5,7-8,11,13-17,34H,6,9-10,12,31H2,1-2H3. The maximum atomic E-state index is 14.9. The maximum absolute atomic E-state index is 14.9. The van der Waals surface area contributed by atoms with Crippen LogP contribution in [0, 0.1) is 13.8 Å². The van der Waals surface area contributed by atoms with E-state index in [1.54, 1.807) is 62.5 Å². The fraction of sp³-hybridized carbons (Fsp3) is 0.250. The van der Waals surface area contributed by atoms with Crippen molar-refractivity contribution >= 4 is 49.9 Å². The molecule has 0 saturated heterocycles. The normalized spacial score (nSPS) is 16.8. The number of hydrogen-bond acceptors (Lipinski definition) is 7. The van der Waals surface area contributed by atoms with Gasteiger partial charge in [0.15, 0.2) is 0 Å². The molecule has 3 heterocycles. The third-order valence-electron chi connectivity index (χ3n) is 6.65. The second-order valence-corrected chi connectivity index (χ2v) is 11.9. The number of sulfonamides is 1. The first kappa shape index (κ1) is 28.4. The molecule has 1 aromatic carbocycles. The first-order chi connectivity index (χ1) is 19.5. The third-order valence-corrected chi connectivity index (χ3v) is 8.28. The lowest BCUT2D eigenvalue weighted by Gasteiger charge is -2.23. The Balaban J connectivity index is 1.42. The minimum atomic E-state index is -3.61. The topological polar surface area (TPSA) is 134 Å². The molecule has 0 amide bonds. The molecular weight excluding hydrogens is 571 g/mol. The molecule has 10 nitrogen and oxygen atoms in total. The molecule has 0 spiro atoms. The van der Waals surface area contributed by atoms with Crippen molar-refractivity contribution in [2.45, 2.75) is 32.5 Å². The van der Waals surface area contributed by atoms with Crippen LogP contribution < -0.4 is 15.2 Å². The summed E-state index contributed by atoms with van der Waals surface area (Å²) in [6.07, 6.45) is 11.1. The summed E-state index contributed by atoms with van der Waals surface area (Å²) in [5.41, 5.74) is 9.21. The number of nitrogens with two attached hydrogens (primary N) is 1. The number of halogens is 2. The number of nitrogen functional groups attached to an aromatic ring is 1. The first-order valence-corrected chi connectivity index (χ1v) is 14.9. The van der Waals surface area contributed by atoms with Gasteiger partial charge in [-0.1, -0.05) is 18.2 Å². The smallest absolute Gasteiger partial charge is 0.272 e. The van der Waals surface area contributed by atoms with Crippen LogP contribution in [0.1, 0.15) is 34.3 Å². The van der Waals surface area contributed by atoms with Crippen molar-refractivity contribution in [2.24, 2.45) is 0 Å². The summed E-state index contributed by atoms with van der Waals surface area (Å²) in [7, 11) is -3.61. The highest BCUT2D eigenvalue weighted by molar-refractivity contribution is 7.92. The van der Waals surface area contributed by atoms with Crippen LogP contribution in [0.4, 0.5) is 15.9 Å². The quantitative estimate of drug-likeness (QED) is 0.258. The molecule has 1 aliphatic carbocycles. The Kier molecular flexibility index (Phi) is 7.62. The second-order valence-electron chi connectivity index (χ2n) is 9.72. The van der Waals surface area contributed by atoms with E-state index in [2.05, 4.69) is 14.8 Å². The van der Waals surface area contributed by atoms with Gasteiger partial charge in [-0.05, 0) is 55.7 Å². The number of allylic oxidation sites excluding steroid dienone is 2. The number of alkyl halides is 2. The van der Waals surface area contributed by atoms with Crippen molar-refractivity contribution in [3.63, 3.8) is 0 Å². The predicted octanol–water partition coefficient (Wildman–Crippen LogP) is 5.04. The van der Waals surface area contributed by atoms with Gasteiger partial charge in [-0.2, -0.15) is 9.49 Å². The maximum Gasteiger partial charge on any atom is 0.272 e. The van der Waals surface area contributed by atoms with E-state index in [1.807, 2.05) is 0 Å². The molecule has 1 aliphatic rings. The van der Waals surface area contributed by atoms with E-state index in [0.717, 1.165) is 5.39 Å². The zero-order valence-corrected chi connectivity index (χ0v) is 23.9. The lowest BCUT2D eigenvalue weighted by molar-refractivity contribution is -0.0166. The van der Waals surface area contributed by atoms with Crippen molar-refractivity contribution in [3.05, 3.63) is 83.9 Å². The highest BCUT2D eigenvalue weighted by atomic mass is 35.5. The van der Waals surface area contributed by atoms with E-state index < -0.39 is 21.8 Å². The van der Waals surface area contributed by atoms with Gasteiger partial charge in [0.2, 0.25) is 15.9 Å². The van der Waals surface area contributed by atoms with Crippen LogP contribution in [0.5, 0.6) is 5.88 Å². The van der Waals surface area contributed by atoms with Gasteiger partial charge < -0.3 is 10.5 Å². The SMILES string of the molecule is Cc1cc2ccn(C(=O)c3cnn(-c4cnc(OC5(F)C=CC=CC5)cc4C)c3N)c2cc1NS(=O)(=O)CCCCl. The Bertz CT molecular complexity index is 1810. The van der Waals surface area contributed by atoms with Crippen LogP contribution in [0.2, 0.25) is 0 Å². The van der Waals surface area contributed by atoms with Crippen molar-refractivity contribution in [2.75, 3.05) is 22.1 Å². The zero-order chi connectivity index (χ0) is 29.4. The molecule has 0 fully saturated rings. The molecule has 3 aromatic heterocycles. The van der Waals surface area contributed by atoms with Gasteiger partial charge in [-0.15, -0.1) is 11.6 Å². The van der Waals surface area contributed by atoms with Crippen LogP contribution in [0.15, 0.2) is 67.2 Å². The lowest BCUT2D eigenvalue weighted by atomic mass is 10.1. The lowest BCUT2D eigenvalue weighted by Crippen LogP contribution is -2.28. The summed E-state index contributed by atoms with van der Waals surface area (Å²) in [5.74, 6) is -2.15. The number of pyridine rings is 1. The molecule has 214 valence electrons. The van der Waals surface area contributed by atoms with E-state index in [-0.39, 0.29) is 35.3 Å². The van der Waals surface area contributed by atoms with Crippen molar-refractivity contribution in [3.8, 4) is 11.6 Å². The number of ether oxygens (including phenoxy) is 1. The second kappa shape index (κ2) is 11.0. The predicted molar refractivity (Wildman–Crippen MR) is 157 cm³/mol. The van der Waals surface area contributed by atoms with Crippen LogP contribution >= 0.6 is 11.6 Å². The monoisotopic (exact) mass is 598 g/mol. The number of fused-ring (bicyclic) bond motifs is 1. The molecule has 0 radical (unpaired) electrons. The molecule has 1 unspecified atom stereocenters. The fourth-order valence-corrected chi connectivity index (χ4v) is 5.99. The van der Waals surface area contributed by atoms with Crippen LogP contribution in [0.25, 0.3) is 16.6 Å². The molecule has 4 aromatic rings. The van der Waals surface area contributed by atoms with Gasteiger partial charge in [0.1, 0.15) is 11.4 Å². The van der Waals surface area contributed by atoms with Crippen molar-refractivity contribution < 1.29 is 22.3 Å². The Morgan fingerprint density at radius 1 is 1.22 bits per heavy atom. The highest BCUT2D eigenvalue weighted by Crippen LogP contribution is 2.30. The molecule has 5 rings (SSSR count).